The van der Waals surface area contributed by atoms with Crippen molar-refractivity contribution in [1.82, 2.24) is 5.43 Å². The number of hydrogen-bond acceptors (Lipinski definition) is 7. The van der Waals surface area contributed by atoms with Crippen LogP contribution in [0.1, 0.15) is 17.3 Å². The summed E-state index contributed by atoms with van der Waals surface area (Å²) in [6.07, 6.45) is 1.39. The average Bonchev–Trinajstić information content (AvgIpc) is 2.60. The first-order valence-electron chi connectivity index (χ1n) is 7.13. The van der Waals surface area contributed by atoms with E-state index in [-0.39, 0.29) is 11.4 Å². The Morgan fingerprint density at radius 1 is 1.16 bits per heavy atom. The number of nitrogens with zero attached hydrogens (tertiary/aromatic N) is 3. The second-order valence-corrected chi connectivity index (χ2v) is 4.91. The van der Waals surface area contributed by atoms with Gasteiger partial charge >= 0.3 is 0 Å². The zero-order valence-electron chi connectivity index (χ0n) is 13.2. The molecule has 9 heteroatoms. The lowest BCUT2D eigenvalue weighted by atomic mass is 10.2. The molecule has 2 aromatic rings. The summed E-state index contributed by atoms with van der Waals surface area (Å²) in [5.41, 5.74) is 6.40. The maximum absolute atomic E-state index is 11.8. The highest BCUT2D eigenvalue weighted by Gasteiger charge is 2.04. The summed E-state index contributed by atoms with van der Waals surface area (Å²) in [6, 6.07) is 11.5. The number of phenols is 1. The predicted molar refractivity (Wildman–Crippen MR) is 93.9 cm³/mol. The zero-order valence-corrected chi connectivity index (χ0v) is 13.2. The molecule has 1 amide bonds. The predicted octanol–water partition coefficient (Wildman–Crippen LogP) is 2.50. The monoisotopic (exact) mass is 341 g/mol. The summed E-state index contributed by atoms with van der Waals surface area (Å²) in [6.45, 7) is 1.64. The number of nitro groups is 1. The molecule has 0 bridgehead atoms. The Bertz CT molecular complexity index is 813. The second kappa shape index (κ2) is 8.20. The molecular weight excluding hydrogens is 326 g/mol. The van der Waals surface area contributed by atoms with E-state index in [0.717, 1.165) is 0 Å². The van der Waals surface area contributed by atoms with Gasteiger partial charge in [0.15, 0.2) is 0 Å². The van der Waals surface area contributed by atoms with Crippen molar-refractivity contribution in [3.8, 4) is 5.75 Å². The maximum atomic E-state index is 11.8. The van der Waals surface area contributed by atoms with Crippen molar-refractivity contribution >= 4 is 29.2 Å². The summed E-state index contributed by atoms with van der Waals surface area (Å²) in [7, 11) is 0. The summed E-state index contributed by atoms with van der Waals surface area (Å²) in [5, 5.41) is 27.5. The molecule has 0 spiro atoms. The van der Waals surface area contributed by atoms with Crippen molar-refractivity contribution in [3.63, 3.8) is 0 Å². The van der Waals surface area contributed by atoms with Crippen molar-refractivity contribution in [2.24, 2.45) is 10.2 Å². The van der Waals surface area contributed by atoms with Crippen molar-refractivity contribution in [2.45, 2.75) is 6.92 Å². The summed E-state index contributed by atoms with van der Waals surface area (Å²) < 4.78 is 0. The molecule has 0 aromatic heterocycles. The molecule has 3 N–H and O–H groups in total. The quantitative estimate of drug-likeness (QED) is 0.422. The van der Waals surface area contributed by atoms with E-state index in [1.54, 1.807) is 6.92 Å². The average molecular weight is 341 g/mol. The Morgan fingerprint density at radius 2 is 1.80 bits per heavy atom. The fourth-order valence-corrected chi connectivity index (χ4v) is 1.70. The minimum absolute atomic E-state index is 0.00999. The van der Waals surface area contributed by atoms with Gasteiger partial charge in [0.2, 0.25) is 0 Å². The van der Waals surface area contributed by atoms with Gasteiger partial charge < -0.3 is 5.11 Å². The van der Waals surface area contributed by atoms with Crippen LogP contribution in [0.25, 0.3) is 0 Å². The van der Waals surface area contributed by atoms with Crippen molar-refractivity contribution in [2.75, 3.05) is 5.43 Å². The lowest BCUT2D eigenvalue weighted by Crippen LogP contribution is -2.19. The highest BCUT2D eigenvalue weighted by Crippen LogP contribution is 2.15. The number of hydrazone groups is 2. The van der Waals surface area contributed by atoms with Gasteiger partial charge in [-0.25, -0.2) is 5.43 Å². The Morgan fingerprint density at radius 3 is 2.40 bits per heavy atom. The van der Waals surface area contributed by atoms with Crippen LogP contribution in [0, 0.1) is 10.1 Å². The Balaban J connectivity index is 1.87. The van der Waals surface area contributed by atoms with Crippen LogP contribution in [0.3, 0.4) is 0 Å². The normalized spacial score (nSPS) is 11.3. The van der Waals surface area contributed by atoms with Gasteiger partial charge in [0.25, 0.3) is 11.6 Å². The molecule has 128 valence electrons. The third-order valence-electron chi connectivity index (χ3n) is 2.99. The molecule has 0 atom stereocenters. The maximum Gasteiger partial charge on any atom is 0.271 e. The standard InChI is InChI=1S/C16H15N5O4/c1-11(18-20-16(23)12-2-8-15(22)9-3-12)10-17-19-13-4-6-14(7-5-13)21(24)25/h2-10,19,22H,1H3,(H,20,23)/b17-10+,18-11+. The van der Waals surface area contributed by atoms with Crippen LogP contribution in [-0.2, 0) is 0 Å². The molecule has 2 aromatic carbocycles. The van der Waals surface area contributed by atoms with Crippen molar-refractivity contribution in [3.05, 3.63) is 64.2 Å². The van der Waals surface area contributed by atoms with Gasteiger partial charge in [0.05, 0.1) is 22.5 Å². The number of amides is 1. The van der Waals surface area contributed by atoms with Crippen LogP contribution in [0.4, 0.5) is 11.4 Å². The first kappa shape index (κ1) is 17.6. The minimum atomic E-state index is -0.485. The Labute approximate surface area is 142 Å². The molecule has 0 aliphatic carbocycles. The Hall–Kier alpha value is -3.75. The second-order valence-electron chi connectivity index (χ2n) is 4.91. The highest BCUT2D eigenvalue weighted by atomic mass is 16.6. The zero-order chi connectivity index (χ0) is 18.2. The van der Waals surface area contributed by atoms with Crippen LogP contribution >= 0.6 is 0 Å². The van der Waals surface area contributed by atoms with E-state index in [9.17, 15) is 20.0 Å². The van der Waals surface area contributed by atoms with E-state index in [1.807, 2.05) is 0 Å². The van der Waals surface area contributed by atoms with E-state index in [0.29, 0.717) is 17.0 Å². The number of non-ortho nitro benzene ring substituents is 1. The SMILES string of the molecule is CC(/C=N/Nc1ccc([N+](=O)[O-])cc1)=N\NC(=O)c1ccc(O)cc1. The number of carbonyl (C=O) groups excluding carboxylic acids is 1. The van der Waals surface area contributed by atoms with Crippen LogP contribution in [0.15, 0.2) is 58.7 Å². The molecule has 0 radical (unpaired) electrons. The first-order valence-corrected chi connectivity index (χ1v) is 7.13. The molecule has 0 aliphatic heterocycles. The van der Waals surface area contributed by atoms with Gasteiger partial charge in [-0.3, -0.25) is 20.3 Å². The van der Waals surface area contributed by atoms with Crippen LogP contribution < -0.4 is 10.9 Å². The van der Waals surface area contributed by atoms with Crippen LogP contribution in [0.2, 0.25) is 0 Å². The van der Waals surface area contributed by atoms with Gasteiger partial charge in [-0.05, 0) is 43.3 Å². The van der Waals surface area contributed by atoms with Crippen molar-refractivity contribution < 1.29 is 14.8 Å². The number of aromatic hydroxyl groups is 1. The first-order chi connectivity index (χ1) is 12.0. The number of benzene rings is 2. The fourth-order valence-electron chi connectivity index (χ4n) is 1.70. The molecule has 0 saturated heterocycles. The lowest BCUT2D eigenvalue weighted by molar-refractivity contribution is -0.384. The van der Waals surface area contributed by atoms with E-state index in [1.165, 1.54) is 54.7 Å². The number of anilines is 1. The van der Waals surface area contributed by atoms with E-state index in [4.69, 9.17) is 0 Å². The number of carbonyl (C=O) groups is 1. The number of rotatable bonds is 6. The van der Waals surface area contributed by atoms with Gasteiger partial charge in [-0.2, -0.15) is 10.2 Å². The molecule has 0 saturated carbocycles. The largest absolute Gasteiger partial charge is 0.508 e. The molecule has 9 nitrogen and oxygen atoms in total. The van der Waals surface area contributed by atoms with E-state index in [2.05, 4.69) is 21.1 Å². The number of nitro benzene ring substituents is 1. The van der Waals surface area contributed by atoms with Gasteiger partial charge in [-0.15, -0.1) is 0 Å². The third-order valence-corrected chi connectivity index (χ3v) is 2.99. The number of phenolic OH excluding ortho intramolecular Hbond substituents is 1. The molecule has 0 fully saturated rings. The number of nitrogens with one attached hydrogen (secondary N) is 2. The van der Waals surface area contributed by atoms with E-state index >= 15 is 0 Å². The van der Waals surface area contributed by atoms with Gasteiger partial charge in [-0.1, -0.05) is 0 Å². The van der Waals surface area contributed by atoms with Crippen LogP contribution in [0.5, 0.6) is 5.75 Å². The Kier molecular flexibility index (Phi) is 5.77. The lowest BCUT2D eigenvalue weighted by Gasteiger charge is -2.01. The minimum Gasteiger partial charge on any atom is -0.508 e. The molecule has 2 rings (SSSR count). The number of hydrogen-bond donors (Lipinski definition) is 3. The van der Waals surface area contributed by atoms with Crippen LogP contribution in [-0.4, -0.2) is 27.9 Å². The van der Waals surface area contributed by atoms with Crippen molar-refractivity contribution in [1.29, 1.82) is 0 Å². The smallest absolute Gasteiger partial charge is 0.271 e. The van der Waals surface area contributed by atoms with Gasteiger partial charge in [0, 0.05) is 17.7 Å². The molecular formula is C16H15N5O4. The third kappa shape index (κ3) is 5.43. The van der Waals surface area contributed by atoms with Gasteiger partial charge in [0.1, 0.15) is 5.75 Å². The summed E-state index contributed by atoms with van der Waals surface area (Å²) >= 11 is 0. The summed E-state index contributed by atoms with van der Waals surface area (Å²) in [4.78, 5) is 21.9. The molecule has 0 heterocycles. The summed E-state index contributed by atoms with van der Waals surface area (Å²) in [5.74, 6) is -0.350. The fraction of sp³-hybridized carbons (Fsp3) is 0.0625. The topological polar surface area (TPSA) is 129 Å². The highest BCUT2D eigenvalue weighted by molar-refractivity contribution is 6.29. The molecule has 0 unspecified atom stereocenters. The van der Waals surface area contributed by atoms with E-state index < -0.39 is 10.8 Å². The molecule has 0 aliphatic rings. The molecule has 25 heavy (non-hydrogen) atoms.